The molecule has 0 fully saturated rings. The zero-order valence-corrected chi connectivity index (χ0v) is 12.4. The van der Waals surface area contributed by atoms with E-state index in [1.54, 1.807) is 24.3 Å². The van der Waals surface area contributed by atoms with Gasteiger partial charge in [0.1, 0.15) is 5.82 Å². The van der Waals surface area contributed by atoms with Crippen molar-refractivity contribution in [2.45, 2.75) is 19.8 Å². The molecule has 0 radical (unpaired) electrons. The number of benzene rings is 2. The smallest absolute Gasteiger partial charge is 0.387 e. The zero-order valence-electron chi connectivity index (χ0n) is 12.4. The van der Waals surface area contributed by atoms with Crippen LogP contribution in [0.5, 0.6) is 5.75 Å². The first-order chi connectivity index (χ1) is 11.5. The van der Waals surface area contributed by atoms with Crippen LogP contribution in [0.15, 0.2) is 42.5 Å². The third-order valence-electron chi connectivity index (χ3n) is 3.03. The summed E-state index contributed by atoms with van der Waals surface area (Å²) in [6.45, 7) is -3.10. The van der Waals surface area contributed by atoms with E-state index in [0.29, 0.717) is 5.56 Å². The van der Waals surface area contributed by atoms with E-state index in [4.69, 9.17) is 5.11 Å². The number of hydrogen-bond acceptors (Lipinski definition) is 3. The van der Waals surface area contributed by atoms with Crippen molar-refractivity contribution in [3.63, 3.8) is 0 Å². The van der Waals surface area contributed by atoms with Gasteiger partial charge in [-0.05, 0) is 23.3 Å². The Morgan fingerprint density at radius 3 is 2.62 bits per heavy atom. The second kappa shape index (κ2) is 8.21. The number of urea groups is 1. The molecule has 2 aromatic rings. The van der Waals surface area contributed by atoms with Gasteiger partial charge in [0.25, 0.3) is 0 Å². The fraction of sp³-hybridized carbons (Fsp3) is 0.188. The Kier molecular flexibility index (Phi) is 6.02. The molecule has 8 heteroatoms. The molecular formula is C16H15F3N2O3. The van der Waals surface area contributed by atoms with Crippen LogP contribution in [0, 0.1) is 5.82 Å². The van der Waals surface area contributed by atoms with Gasteiger partial charge in [-0.2, -0.15) is 8.78 Å². The Labute approximate surface area is 136 Å². The summed E-state index contributed by atoms with van der Waals surface area (Å²) in [7, 11) is 0. The van der Waals surface area contributed by atoms with Gasteiger partial charge in [0.2, 0.25) is 0 Å². The van der Waals surface area contributed by atoms with Crippen LogP contribution in [0.2, 0.25) is 0 Å². The van der Waals surface area contributed by atoms with Crippen LogP contribution in [0.3, 0.4) is 0 Å². The predicted octanol–water partition coefficient (Wildman–Crippen LogP) is 3.24. The van der Waals surface area contributed by atoms with Gasteiger partial charge in [0, 0.05) is 12.6 Å². The number of aliphatic hydroxyl groups is 1. The summed E-state index contributed by atoms with van der Waals surface area (Å²) in [5, 5.41) is 13.9. The van der Waals surface area contributed by atoms with Crippen LogP contribution in [0.4, 0.5) is 23.7 Å². The number of alkyl halides is 2. The highest BCUT2D eigenvalue weighted by Gasteiger charge is 2.13. The van der Waals surface area contributed by atoms with E-state index in [2.05, 4.69) is 15.4 Å². The maximum Gasteiger partial charge on any atom is 0.387 e. The number of aliphatic hydroxyl groups excluding tert-OH is 1. The van der Waals surface area contributed by atoms with Crippen LogP contribution >= 0.6 is 0 Å². The molecule has 0 heterocycles. The maximum absolute atomic E-state index is 13.1. The second-order valence-corrected chi connectivity index (χ2v) is 4.80. The quantitative estimate of drug-likeness (QED) is 0.756. The number of halogens is 3. The second-order valence-electron chi connectivity index (χ2n) is 4.80. The van der Waals surface area contributed by atoms with Gasteiger partial charge in [-0.25, -0.2) is 9.18 Å². The third kappa shape index (κ3) is 5.17. The van der Waals surface area contributed by atoms with Crippen LogP contribution in [0.25, 0.3) is 0 Å². The van der Waals surface area contributed by atoms with Crippen molar-refractivity contribution in [1.82, 2.24) is 5.32 Å². The molecule has 2 rings (SSSR count). The maximum atomic E-state index is 13.1. The number of anilines is 1. The van der Waals surface area contributed by atoms with Crippen molar-refractivity contribution in [3.05, 3.63) is 59.4 Å². The number of amides is 2. The van der Waals surface area contributed by atoms with Gasteiger partial charge in [-0.15, -0.1) is 0 Å². The molecule has 0 unspecified atom stereocenters. The van der Waals surface area contributed by atoms with E-state index in [-0.39, 0.29) is 18.8 Å². The number of nitrogens with one attached hydrogen (secondary N) is 2. The third-order valence-corrected chi connectivity index (χ3v) is 3.03. The lowest BCUT2D eigenvalue weighted by Crippen LogP contribution is -2.28. The minimum atomic E-state index is -3.14. The molecule has 0 aromatic heterocycles. The Morgan fingerprint density at radius 1 is 1.17 bits per heavy atom. The van der Waals surface area contributed by atoms with E-state index in [9.17, 15) is 18.0 Å². The summed E-state index contributed by atoms with van der Waals surface area (Å²) in [5.74, 6) is -1.24. The zero-order chi connectivity index (χ0) is 17.5. The highest BCUT2D eigenvalue weighted by Crippen LogP contribution is 2.27. The first-order valence-corrected chi connectivity index (χ1v) is 6.96. The monoisotopic (exact) mass is 340 g/mol. The van der Waals surface area contributed by atoms with Crippen molar-refractivity contribution in [2.24, 2.45) is 0 Å². The number of carbonyl (C=O) groups excluding carboxylic acids is 1. The van der Waals surface area contributed by atoms with Crippen LogP contribution in [-0.2, 0) is 13.2 Å². The molecule has 0 aliphatic rings. The molecule has 3 N–H and O–H groups in total. The normalized spacial score (nSPS) is 10.5. The van der Waals surface area contributed by atoms with E-state index >= 15 is 0 Å². The number of rotatable bonds is 6. The van der Waals surface area contributed by atoms with Crippen LogP contribution in [-0.4, -0.2) is 17.7 Å². The first kappa shape index (κ1) is 17.6. The lowest BCUT2D eigenvalue weighted by Gasteiger charge is -2.13. The van der Waals surface area contributed by atoms with Gasteiger partial charge >= 0.3 is 12.6 Å². The van der Waals surface area contributed by atoms with E-state index in [1.165, 1.54) is 0 Å². The number of ether oxygens (including phenoxy) is 1. The average molecular weight is 340 g/mol. The van der Waals surface area contributed by atoms with Gasteiger partial charge < -0.3 is 20.5 Å². The predicted molar refractivity (Wildman–Crippen MR) is 81.3 cm³/mol. The molecule has 0 saturated heterocycles. The van der Waals surface area contributed by atoms with Crippen molar-refractivity contribution in [3.8, 4) is 5.75 Å². The van der Waals surface area contributed by atoms with Crippen molar-refractivity contribution in [2.75, 3.05) is 5.32 Å². The number of carbonyl (C=O) groups is 1. The molecule has 0 aliphatic heterocycles. The molecule has 0 bridgehead atoms. The summed E-state index contributed by atoms with van der Waals surface area (Å²) in [6.07, 6.45) is 0. The van der Waals surface area contributed by atoms with Crippen molar-refractivity contribution >= 4 is 11.7 Å². The average Bonchev–Trinajstić information content (AvgIpc) is 2.55. The molecule has 0 spiro atoms. The standard InChI is InChI=1S/C16H15F3N2O3/c17-12-4-5-13(14(7-12)24-15(18)19)21-16(23)20-8-10-2-1-3-11(6-10)9-22/h1-7,15,22H,8-9H2,(H2,20,21,23). The minimum absolute atomic E-state index is 0.0849. The molecular weight excluding hydrogens is 325 g/mol. The molecule has 0 atom stereocenters. The fourth-order valence-electron chi connectivity index (χ4n) is 1.98. The Morgan fingerprint density at radius 2 is 1.92 bits per heavy atom. The lowest BCUT2D eigenvalue weighted by molar-refractivity contribution is -0.0495. The van der Waals surface area contributed by atoms with Crippen LogP contribution < -0.4 is 15.4 Å². The summed E-state index contributed by atoms with van der Waals surface area (Å²) < 4.78 is 41.9. The highest BCUT2D eigenvalue weighted by atomic mass is 19.3. The summed E-state index contributed by atoms with van der Waals surface area (Å²) in [4.78, 5) is 11.9. The SMILES string of the molecule is O=C(NCc1cccc(CO)c1)Nc1ccc(F)cc1OC(F)F. The first-order valence-electron chi connectivity index (χ1n) is 6.96. The summed E-state index contributed by atoms with van der Waals surface area (Å²) in [5.41, 5.74) is 1.36. The Balaban J connectivity index is 1.99. The van der Waals surface area contributed by atoms with E-state index in [0.717, 1.165) is 23.8 Å². The van der Waals surface area contributed by atoms with Gasteiger partial charge in [-0.3, -0.25) is 0 Å². The lowest BCUT2D eigenvalue weighted by atomic mass is 10.1. The summed E-state index contributed by atoms with van der Waals surface area (Å²) in [6, 6.07) is 9.15. The highest BCUT2D eigenvalue weighted by molar-refractivity contribution is 5.90. The van der Waals surface area contributed by atoms with E-state index < -0.39 is 24.2 Å². The Bertz CT molecular complexity index is 711. The van der Waals surface area contributed by atoms with Crippen molar-refractivity contribution in [1.29, 1.82) is 0 Å². The fourth-order valence-corrected chi connectivity index (χ4v) is 1.98. The summed E-state index contributed by atoms with van der Waals surface area (Å²) >= 11 is 0. The van der Waals surface area contributed by atoms with Crippen LogP contribution in [0.1, 0.15) is 11.1 Å². The molecule has 24 heavy (non-hydrogen) atoms. The Hall–Kier alpha value is -2.74. The van der Waals surface area contributed by atoms with E-state index in [1.807, 2.05) is 0 Å². The topological polar surface area (TPSA) is 70.6 Å². The molecule has 2 amide bonds. The molecule has 5 nitrogen and oxygen atoms in total. The van der Waals surface area contributed by atoms with Gasteiger partial charge in [0.05, 0.1) is 12.3 Å². The van der Waals surface area contributed by atoms with Gasteiger partial charge in [-0.1, -0.05) is 24.3 Å². The molecule has 0 aliphatic carbocycles. The minimum Gasteiger partial charge on any atom is -0.432 e. The van der Waals surface area contributed by atoms with Gasteiger partial charge in [0.15, 0.2) is 5.75 Å². The number of hydrogen-bond donors (Lipinski definition) is 3. The van der Waals surface area contributed by atoms with Crippen molar-refractivity contribution < 1.29 is 27.8 Å². The molecule has 128 valence electrons. The molecule has 0 saturated carbocycles. The largest absolute Gasteiger partial charge is 0.432 e. The molecule has 2 aromatic carbocycles.